The van der Waals surface area contributed by atoms with Crippen LogP contribution in [0.5, 0.6) is 0 Å². The fourth-order valence-corrected chi connectivity index (χ4v) is 2.06. The monoisotopic (exact) mass is 402 g/mol. The van der Waals surface area contributed by atoms with Gasteiger partial charge in [-0.3, -0.25) is 0 Å². The number of unbranched alkanes of at least 4 members (excludes halogenated alkanes) is 4. The predicted octanol–water partition coefficient (Wildman–Crippen LogP) is 3.50. The summed E-state index contributed by atoms with van der Waals surface area (Å²) in [5.41, 5.74) is 0. The zero-order valence-corrected chi connectivity index (χ0v) is 18.6. The van der Waals surface area contributed by atoms with Crippen LogP contribution in [-0.4, -0.2) is 45.2 Å². The Bertz CT molecular complexity index is 204. The van der Waals surface area contributed by atoms with E-state index in [2.05, 4.69) is 13.8 Å². The van der Waals surface area contributed by atoms with Gasteiger partial charge in [-0.25, -0.2) is 0 Å². The van der Waals surface area contributed by atoms with Crippen LogP contribution in [0.4, 0.5) is 0 Å². The Morgan fingerprint density at radius 3 is 1.16 bits per heavy atom. The molecule has 0 spiro atoms. The predicted molar refractivity (Wildman–Crippen MR) is 97.2 cm³/mol. The van der Waals surface area contributed by atoms with Crippen molar-refractivity contribution in [2.45, 2.75) is 118 Å². The number of hydrogen-bond donors (Lipinski definition) is 4. The van der Waals surface area contributed by atoms with E-state index in [1.807, 2.05) is 27.7 Å². The van der Waals surface area contributed by atoms with Gasteiger partial charge in [-0.1, -0.05) is 39.5 Å². The molecule has 0 atom stereocenters. The minimum absolute atomic E-state index is 0.323. The van der Waals surface area contributed by atoms with Crippen LogP contribution in [0.1, 0.15) is 92.9 Å². The molecule has 25 heavy (non-hydrogen) atoms. The molecule has 0 heterocycles. The molecule has 6 nitrogen and oxygen atoms in total. The Morgan fingerprint density at radius 1 is 0.640 bits per heavy atom. The molecule has 0 radical (unpaired) electrons. The summed E-state index contributed by atoms with van der Waals surface area (Å²) in [5.74, 6) is 0. The normalized spacial score (nSPS) is 10.6. The number of aliphatic hydroxyl groups excluding tert-OH is 2. The third-order valence-corrected chi connectivity index (χ3v) is 4.47. The molecule has 4 N–H and O–H groups in total. The molecular weight excluding hydrogens is 360 g/mol. The second-order valence-corrected chi connectivity index (χ2v) is 7.37. The SMILES string of the molecule is CC(C)[O][Ti][O]C(C)C.CCCCCC(O)O.CCCCCC(O)O. The molecule has 0 bridgehead atoms. The zero-order chi connectivity index (χ0) is 20.1. The minimum atomic E-state index is -1.10. The second kappa shape index (κ2) is 24.5. The van der Waals surface area contributed by atoms with E-state index in [0.29, 0.717) is 25.0 Å². The van der Waals surface area contributed by atoms with Gasteiger partial charge in [0.05, 0.1) is 0 Å². The van der Waals surface area contributed by atoms with E-state index in [1.54, 1.807) is 0 Å². The summed E-state index contributed by atoms with van der Waals surface area (Å²) in [5, 5.41) is 33.3. The second-order valence-electron chi connectivity index (χ2n) is 6.37. The molecule has 0 aromatic carbocycles. The van der Waals surface area contributed by atoms with Gasteiger partial charge >= 0.3 is 66.5 Å². The van der Waals surface area contributed by atoms with Gasteiger partial charge in [-0.05, 0) is 25.7 Å². The summed E-state index contributed by atoms with van der Waals surface area (Å²) in [6.45, 7) is 12.3. The summed E-state index contributed by atoms with van der Waals surface area (Å²) >= 11 is -0.574. The maximum absolute atomic E-state index is 8.33. The van der Waals surface area contributed by atoms with E-state index in [9.17, 15) is 0 Å². The Kier molecular flexibility index (Phi) is 29.6. The Labute approximate surface area is 164 Å². The Morgan fingerprint density at radius 2 is 0.960 bits per heavy atom. The maximum atomic E-state index is 8.33. The summed E-state index contributed by atoms with van der Waals surface area (Å²) in [6.07, 6.45) is 5.80. The van der Waals surface area contributed by atoms with Crippen LogP contribution in [0.15, 0.2) is 0 Å². The fraction of sp³-hybridized carbons (Fsp3) is 1.00. The van der Waals surface area contributed by atoms with Crippen molar-refractivity contribution in [2.24, 2.45) is 0 Å². The van der Waals surface area contributed by atoms with Crippen molar-refractivity contribution in [1.29, 1.82) is 0 Å². The molecule has 0 aliphatic rings. The molecule has 0 unspecified atom stereocenters. The summed E-state index contributed by atoms with van der Waals surface area (Å²) in [7, 11) is 0. The molecule has 0 amide bonds. The Balaban J connectivity index is -0.000000291. The molecule has 0 fully saturated rings. The van der Waals surface area contributed by atoms with Gasteiger partial charge in [0, 0.05) is 0 Å². The zero-order valence-electron chi connectivity index (χ0n) is 17.1. The first-order valence-electron chi connectivity index (χ1n) is 9.45. The van der Waals surface area contributed by atoms with E-state index in [-0.39, 0.29) is 0 Å². The third kappa shape index (κ3) is 45.5. The van der Waals surface area contributed by atoms with Gasteiger partial charge in [-0.15, -0.1) is 0 Å². The van der Waals surface area contributed by atoms with Crippen molar-refractivity contribution in [1.82, 2.24) is 0 Å². The molecule has 0 aliphatic carbocycles. The quantitative estimate of drug-likeness (QED) is 0.227. The average molecular weight is 402 g/mol. The summed E-state index contributed by atoms with van der Waals surface area (Å²) in [6, 6.07) is 0. The van der Waals surface area contributed by atoms with E-state index in [1.165, 1.54) is 0 Å². The first kappa shape index (κ1) is 30.2. The van der Waals surface area contributed by atoms with Crippen LogP contribution in [-0.2, 0) is 26.6 Å². The molecule has 0 saturated carbocycles. The molecule has 7 heteroatoms. The minimum Gasteiger partial charge on any atom is -0.368 e. The van der Waals surface area contributed by atoms with Crippen molar-refractivity contribution in [3.63, 3.8) is 0 Å². The van der Waals surface area contributed by atoms with Crippen LogP contribution < -0.4 is 0 Å². The Hall–Kier alpha value is 0.474. The van der Waals surface area contributed by atoms with Crippen LogP contribution >= 0.6 is 0 Å². The van der Waals surface area contributed by atoms with E-state index < -0.39 is 32.5 Å². The van der Waals surface area contributed by atoms with E-state index >= 15 is 0 Å². The smallest absolute Gasteiger partial charge is 0.151 e. The van der Waals surface area contributed by atoms with Crippen LogP contribution in [0, 0.1) is 0 Å². The molecular formula is C18H42O6Ti. The number of aliphatic hydroxyl groups is 4. The van der Waals surface area contributed by atoms with E-state index in [0.717, 1.165) is 38.5 Å². The topological polar surface area (TPSA) is 99.4 Å². The van der Waals surface area contributed by atoms with Crippen molar-refractivity contribution in [2.75, 3.05) is 0 Å². The van der Waals surface area contributed by atoms with Crippen molar-refractivity contribution >= 4 is 0 Å². The van der Waals surface area contributed by atoms with Gasteiger partial charge < -0.3 is 20.4 Å². The number of hydrogen-bond acceptors (Lipinski definition) is 6. The van der Waals surface area contributed by atoms with Gasteiger partial charge in [0.1, 0.15) is 0 Å². The largest absolute Gasteiger partial charge is 0.368 e. The summed E-state index contributed by atoms with van der Waals surface area (Å²) in [4.78, 5) is 0. The first-order valence-corrected chi connectivity index (χ1v) is 10.7. The standard InChI is InChI=1S/2C6H14O2.2C3H7O.Ti/c2*1-2-3-4-5-6(7)8;2*1-3(2)4;/h2*6-8H,2-5H2,1H3;2*3H,1-2H3;/q;;2*-1;+2. The van der Waals surface area contributed by atoms with Crippen LogP contribution in [0.25, 0.3) is 0 Å². The third-order valence-electron chi connectivity index (χ3n) is 2.70. The molecule has 0 aromatic rings. The molecule has 0 aliphatic heterocycles. The van der Waals surface area contributed by atoms with Gasteiger partial charge in [0.2, 0.25) is 0 Å². The average Bonchev–Trinajstić information content (AvgIpc) is 2.47. The van der Waals surface area contributed by atoms with Gasteiger partial charge in [0.25, 0.3) is 0 Å². The molecule has 0 saturated heterocycles. The maximum Gasteiger partial charge on any atom is 0.151 e. The van der Waals surface area contributed by atoms with Crippen LogP contribution in [0.3, 0.4) is 0 Å². The van der Waals surface area contributed by atoms with Crippen molar-refractivity contribution < 1.29 is 47.0 Å². The molecule has 0 aromatic heterocycles. The van der Waals surface area contributed by atoms with E-state index in [4.69, 9.17) is 27.1 Å². The van der Waals surface area contributed by atoms with Crippen molar-refractivity contribution in [3.05, 3.63) is 0 Å². The van der Waals surface area contributed by atoms with Crippen LogP contribution in [0.2, 0.25) is 0 Å². The molecule has 154 valence electrons. The van der Waals surface area contributed by atoms with Crippen molar-refractivity contribution in [3.8, 4) is 0 Å². The summed E-state index contributed by atoms with van der Waals surface area (Å²) < 4.78 is 10.5. The molecule has 0 rings (SSSR count). The first-order chi connectivity index (χ1) is 11.7. The van der Waals surface area contributed by atoms with Gasteiger partial charge in [0.15, 0.2) is 12.6 Å². The number of rotatable bonds is 12. The fourth-order valence-electron chi connectivity index (χ4n) is 1.37. The van der Waals surface area contributed by atoms with Gasteiger partial charge in [-0.2, -0.15) is 0 Å².